The number of alkyl halides is 6. The molecule has 1 aromatic carbocycles. The smallest absolute Gasteiger partial charge is 0.324 e. The third kappa shape index (κ3) is 4.13. The molecule has 1 aromatic rings. The summed E-state index contributed by atoms with van der Waals surface area (Å²) in [5.74, 6) is 0.0355. The van der Waals surface area contributed by atoms with Gasteiger partial charge in [0.15, 0.2) is 0 Å². The minimum absolute atomic E-state index is 0.0355. The Bertz CT molecular complexity index is 461. The van der Waals surface area contributed by atoms with Crippen molar-refractivity contribution in [3.63, 3.8) is 0 Å². The zero-order chi connectivity index (χ0) is 15.7. The van der Waals surface area contributed by atoms with E-state index in [0.717, 1.165) is 6.07 Å². The molecule has 114 valence electrons. The molecule has 0 aromatic heterocycles. The standard InChI is InChI=1S/C13H15F6N/c1-7(2)5-11(20)9-4-3-8(12(14,15)16)6-10(9)13(17,18)19/h3-4,6-7,11H,5,20H2,1-2H3/t11-/m1/s1. The van der Waals surface area contributed by atoms with Gasteiger partial charge in [0.2, 0.25) is 0 Å². The summed E-state index contributed by atoms with van der Waals surface area (Å²) in [6.07, 6.45) is -9.43. The lowest BCUT2D eigenvalue weighted by Gasteiger charge is -2.21. The zero-order valence-corrected chi connectivity index (χ0v) is 10.9. The molecule has 0 radical (unpaired) electrons. The highest BCUT2D eigenvalue weighted by Gasteiger charge is 2.38. The summed E-state index contributed by atoms with van der Waals surface area (Å²) in [7, 11) is 0. The Kier molecular flexibility index (Phi) is 4.74. The number of hydrogen-bond donors (Lipinski definition) is 1. The van der Waals surface area contributed by atoms with Gasteiger partial charge in [-0.3, -0.25) is 0 Å². The first-order valence-corrected chi connectivity index (χ1v) is 5.97. The molecule has 0 saturated carbocycles. The Morgan fingerprint density at radius 3 is 1.95 bits per heavy atom. The van der Waals surface area contributed by atoms with Crippen LogP contribution in [0.15, 0.2) is 18.2 Å². The Hall–Kier alpha value is -1.24. The summed E-state index contributed by atoms with van der Waals surface area (Å²) in [6.45, 7) is 3.55. The van der Waals surface area contributed by atoms with Crippen molar-refractivity contribution < 1.29 is 26.3 Å². The molecule has 0 aliphatic carbocycles. The first-order valence-electron chi connectivity index (χ1n) is 5.97. The lowest BCUT2D eigenvalue weighted by Crippen LogP contribution is -2.20. The van der Waals surface area contributed by atoms with Crippen LogP contribution in [-0.2, 0) is 12.4 Å². The van der Waals surface area contributed by atoms with Crippen LogP contribution in [0.4, 0.5) is 26.3 Å². The summed E-state index contributed by atoms with van der Waals surface area (Å²) in [6, 6.07) is 0.618. The maximum atomic E-state index is 12.9. The molecule has 1 rings (SSSR count). The lowest BCUT2D eigenvalue weighted by atomic mass is 9.92. The van der Waals surface area contributed by atoms with Gasteiger partial charge < -0.3 is 5.73 Å². The van der Waals surface area contributed by atoms with E-state index in [-0.39, 0.29) is 24.0 Å². The predicted octanol–water partition coefficient (Wildman–Crippen LogP) is 4.77. The number of hydrogen-bond acceptors (Lipinski definition) is 1. The molecule has 20 heavy (non-hydrogen) atoms. The van der Waals surface area contributed by atoms with Gasteiger partial charge in [-0.05, 0) is 30.0 Å². The molecular formula is C13H15F6N. The van der Waals surface area contributed by atoms with Crippen molar-refractivity contribution in [1.29, 1.82) is 0 Å². The SMILES string of the molecule is CC(C)C[C@@H](N)c1ccc(C(F)(F)F)cc1C(F)(F)F. The second kappa shape index (κ2) is 5.63. The third-order valence-corrected chi connectivity index (χ3v) is 2.81. The van der Waals surface area contributed by atoms with Crippen LogP contribution in [0.3, 0.4) is 0 Å². The minimum Gasteiger partial charge on any atom is -0.324 e. The molecule has 7 heteroatoms. The highest BCUT2D eigenvalue weighted by Crippen LogP contribution is 2.39. The fourth-order valence-corrected chi connectivity index (χ4v) is 1.94. The van der Waals surface area contributed by atoms with Crippen LogP contribution in [0.25, 0.3) is 0 Å². The molecule has 1 nitrogen and oxygen atoms in total. The topological polar surface area (TPSA) is 26.0 Å². The molecule has 1 atom stereocenters. The van der Waals surface area contributed by atoms with Gasteiger partial charge in [-0.15, -0.1) is 0 Å². The van der Waals surface area contributed by atoms with E-state index in [1.54, 1.807) is 13.8 Å². The average Bonchev–Trinajstić information content (AvgIpc) is 2.24. The first-order chi connectivity index (χ1) is 8.93. The highest BCUT2D eigenvalue weighted by atomic mass is 19.4. The largest absolute Gasteiger partial charge is 0.416 e. The molecule has 0 aliphatic rings. The number of halogens is 6. The molecular weight excluding hydrogens is 284 g/mol. The van der Waals surface area contributed by atoms with E-state index < -0.39 is 29.5 Å². The summed E-state index contributed by atoms with van der Waals surface area (Å²) < 4.78 is 76.2. The molecule has 0 bridgehead atoms. The molecule has 2 N–H and O–H groups in total. The van der Waals surface area contributed by atoms with Gasteiger partial charge in [-0.2, -0.15) is 26.3 Å². The summed E-state index contributed by atoms with van der Waals surface area (Å²) in [5.41, 5.74) is 2.72. The normalized spacial score (nSPS) is 14.7. The van der Waals surface area contributed by atoms with Crippen LogP contribution in [0.2, 0.25) is 0 Å². The van der Waals surface area contributed by atoms with Gasteiger partial charge in [-0.1, -0.05) is 19.9 Å². The maximum absolute atomic E-state index is 12.9. The Labute approximate surface area is 112 Å². The number of nitrogens with two attached hydrogens (primary N) is 1. The predicted molar refractivity (Wildman–Crippen MR) is 62.8 cm³/mol. The van der Waals surface area contributed by atoms with Crippen molar-refractivity contribution in [3.05, 3.63) is 34.9 Å². The fourth-order valence-electron chi connectivity index (χ4n) is 1.94. The third-order valence-electron chi connectivity index (χ3n) is 2.81. The lowest BCUT2D eigenvalue weighted by molar-refractivity contribution is -0.143. The summed E-state index contributed by atoms with van der Waals surface area (Å²) in [4.78, 5) is 0. The Morgan fingerprint density at radius 2 is 1.55 bits per heavy atom. The molecule has 0 spiro atoms. The van der Waals surface area contributed by atoms with Crippen molar-refractivity contribution in [3.8, 4) is 0 Å². The second-order valence-electron chi connectivity index (χ2n) is 5.03. The van der Waals surface area contributed by atoms with Gasteiger partial charge in [0.05, 0.1) is 11.1 Å². The van der Waals surface area contributed by atoms with Gasteiger partial charge in [0.1, 0.15) is 0 Å². The van der Waals surface area contributed by atoms with Crippen LogP contribution in [0, 0.1) is 5.92 Å². The van der Waals surface area contributed by atoms with Gasteiger partial charge in [0.25, 0.3) is 0 Å². The van der Waals surface area contributed by atoms with Crippen molar-refractivity contribution in [2.75, 3.05) is 0 Å². The van der Waals surface area contributed by atoms with Crippen molar-refractivity contribution in [2.24, 2.45) is 11.7 Å². The molecule has 0 unspecified atom stereocenters. The van der Waals surface area contributed by atoms with E-state index >= 15 is 0 Å². The molecule has 0 amide bonds. The van der Waals surface area contributed by atoms with E-state index in [0.29, 0.717) is 6.07 Å². The van der Waals surface area contributed by atoms with Gasteiger partial charge >= 0.3 is 12.4 Å². The van der Waals surface area contributed by atoms with E-state index in [9.17, 15) is 26.3 Å². The van der Waals surface area contributed by atoms with E-state index in [1.807, 2.05) is 0 Å². The van der Waals surface area contributed by atoms with Gasteiger partial charge in [0, 0.05) is 6.04 Å². The van der Waals surface area contributed by atoms with Crippen molar-refractivity contribution in [1.82, 2.24) is 0 Å². The Balaban J connectivity index is 3.32. The molecule has 0 heterocycles. The average molecular weight is 299 g/mol. The van der Waals surface area contributed by atoms with Crippen LogP contribution in [0.5, 0.6) is 0 Å². The van der Waals surface area contributed by atoms with Crippen LogP contribution in [-0.4, -0.2) is 0 Å². The monoisotopic (exact) mass is 299 g/mol. The minimum atomic E-state index is -4.87. The summed E-state index contributed by atoms with van der Waals surface area (Å²) >= 11 is 0. The maximum Gasteiger partial charge on any atom is 0.416 e. The molecule has 0 aliphatic heterocycles. The van der Waals surface area contributed by atoms with Crippen molar-refractivity contribution >= 4 is 0 Å². The van der Waals surface area contributed by atoms with Crippen LogP contribution < -0.4 is 5.73 Å². The van der Waals surface area contributed by atoms with E-state index in [4.69, 9.17) is 5.73 Å². The highest BCUT2D eigenvalue weighted by molar-refractivity contribution is 5.37. The number of benzene rings is 1. The Morgan fingerprint density at radius 1 is 1.00 bits per heavy atom. The summed E-state index contributed by atoms with van der Waals surface area (Å²) in [5, 5.41) is 0. The fraction of sp³-hybridized carbons (Fsp3) is 0.538. The first kappa shape index (κ1) is 16.8. The quantitative estimate of drug-likeness (QED) is 0.799. The van der Waals surface area contributed by atoms with Crippen LogP contribution in [0.1, 0.15) is 43.0 Å². The van der Waals surface area contributed by atoms with Crippen molar-refractivity contribution in [2.45, 2.75) is 38.7 Å². The van der Waals surface area contributed by atoms with E-state index in [2.05, 4.69) is 0 Å². The zero-order valence-electron chi connectivity index (χ0n) is 10.9. The molecule has 0 saturated heterocycles. The molecule has 0 fully saturated rings. The second-order valence-corrected chi connectivity index (χ2v) is 5.03. The van der Waals surface area contributed by atoms with E-state index in [1.165, 1.54) is 0 Å². The number of rotatable bonds is 3. The van der Waals surface area contributed by atoms with Gasteiger partial charge in [-0.25, -0.2) is 0 Å². The van der Waals surface area contributed by atoms with Crippen LogP contribution >= 0.6 is 0 Å².